The number of H-pyrrole nitrogens is 1. The summed E-state index contributed by atoms with van der Waals surface area (Å²) < 4.78 is 5.26. The zero-order valence-corrected chi connectivity index (χ0v) is 9.23. The summed E-state index contributed by atoms with van der Waals surface area (Å²) in [5, 5.41) is 0. The number of aromatic amines is 1. The van der Waals surface area contributed by atoms with E-state index in [2.05, 4.69) is 22.1 Å². The van der Waals surface area contributed by atoms with E-state index in [1.165, 1.54) is 5.56 Å². The number of nitrogens with zero attached hydrogens (tertiary/aromatic N) is 1. The summed E-state index contributed by atoms with van der Waals surface area (Å²) in [5.41, 5.74) is 1.40. The van der Waals surface area contributed by atoms with Gasteiger partial charge in [-0.05, 0) is 30.5 Å². The molecule has 82 valence electrons. The van der Waals surface area contributed by atoms with Crippen molar-refractivity contribution in [2.45, 2.75) is 18.3 Å². The first-order valence-corrected chi connectivity index (χ1v) is 5.49. The van der Waals surface area contributed by atoms with Crippen LogP contribution in [0.4, 0.5) is 0 Å². The minimum atomic E-state index is 0.109. The molecular weight excluding hydrogens is 200 g/mol. The summed E-state index contributed by atoms with van der Waals surface area (Å²) in [5.74, 6) is 1.98. The molecule has 0 amide bonds. The number of hydrogen-bond acceptors (Lipinski definition) is 2. The highest BCUT2D eigenvalue weighted by Gasteiger charge is 2.48. The van der Waals surface area contributed by atoms with Gasteiger partial charge in [-0.3, -0.25) is 0 Å². The van der Waals surface area contributed by atoms with Crippen molar-refractivity contribution in [3.63, 3.8) is 0 Å². The van der Waals surface area contributed by atoms with Crippen LogP contribution in [0.1, 0.15) is 24.2 Å². The van der Waals surface area contributed by atoms with Gasteiger partial charge in [0.1, 0.15) is 11.6 Å². The van der Waals surface area contributed by atoms with E-state index in [4.69, 9.17) is 4.74 Å². The third kappa shape index (κ3) is 1.32. The number of benzene rings is 1. The van der Waals surface area contributed by atoms with Crippen molar-refractivity contribution in [2.75, 3.05) is 7.11 Å². The zero-order valence-electron chi connectivity index (χ0n) is 9.23. The highest BCUT2D eigenvalue weighted by Crippen LogP contribution is 2.52. The Kier molecular flexibility index (Phi) is 1.99. The van der Waals surface area contributed by atoms with Crippen molar-refractivity contribution in [1.82, 2.24) is 9.97 Å². The molecule has 1 aromatic carbocycles. The van der Waals surface area contributed by atoms with Crippen LogP contribution in [-0.4, -0.2) is 17.1 Å². The van der Waals surface area contributed by atoms with Crippen molar-refractivity contribution in [2.24, 2.45) is 0 Å². The molecule has 16 heavy (non-hydrogen) atoms. The molecule has 1 N–H and O–H groups in total. The molecule has 1 fully saturated rings. The molecule has 0 atom stereocenters. The van der Waals surface area contributed by atoms with E-state index in [1.54, 1.807) is 7.11 Å². The van der Waals surface area contributed by atoms with Crippen LogP contribution in [-0.2, 0) is 5.41 Å². The van der Waals surface area contributed by atoms with Gasteiger partial charge in [-0.2, -0.15) is 0 Å². The summed E-state index contributed by atoms with van der Waals surface area (Å²) in [6, 6.07) is 8.27. The second-order valence-corrected chi connectivity index (χ2v) is 4.25. The lowest BCUT2D eigenvalue weighted by atomic mass is 9.95. The monoisotopic (exact) mass is 214 g/mol. The Balaban J connectivity index is 2.03. The van der Waals surface area contributed by atoms with Crippen LogP contribution in [0.15, 0.2) is 36.7 Å². The molecule has 0 radical (unpaired) electrons. The number of hydrogen-bond donors (Lipinski definition) is 1. The van der Waals surface area contributed by atoms with E-state index in [0.717, 1.165) is 24.4 Å². The summed E-state index contributed by atoms with van der Waals surface area (Å²) >= 11 is 0. The number of methoxy groups -OCH3 is 1. The quantitative estimate of drug-likeness (QED) is 0.852. The number of nitrogens with one attached hydrogen (secondary N) is 1. The van der Waals surface area contributed by atoms with Crippen molar-refractivity contribution in [3.05, 3.63) is 48.0 Å². The summed E-state index contributed by atoms with van der Waals surface area (Å²) in [6.07, 6.45) is 6.02. The van der Waals surface area contributed by atoms with Gasteiger partial charge in [-0.25, -0.2) is 4.98 Å². The maximum atomic E-state index is 5.26. The van der Waals surface area contributed by atoms with Gasteiger partial charge in [0.15, 0.2) is 0 Å². The van der Waals surface area contributed by atoms with Gasteiger partial charge in [0.2, 0.25) is 0 Å². The molecule has 1 aliphatic carbocycles. The lowest BCUT2D eigenvalue weighted by molar-refractivity contribution is 0.414. The molecule has 1 saturated carbocycles. The summed E-state index contributed by atoms with van der Waals surface area (Å²) in [4.78, 5) is 7.61. The second kappa shape index (κ2) is 3.37. The van der Waals surface area contributed by atoms with Gasteiger partial charge in [0.05, 0.1) is 12.5 Å². The Labute approximate surface area is 94.5 Å². The van der Waals surface area contributed by atoms with E-state index >= 15 is 0 Å². The molecule has 0 unspecified atom stereocenters. The first kappa shape index (κ1) is 9.46. The van der Waals surface area contributed by atoms with E-state index in [9.17, 15) is 0 Å². The molecule has 0 aliphatic heterocycles. The van der Waals surface area contributed by atoms with Gasteiger partial charge in [-0.1, -0.05) is 12.1 Å². The van der Waals surface area contributed by atoms with Crippen molar-refractivity contribution >= 4 is 0 Å². The second-order valence-electron chi connectivity index (χ2n) is 4.25. The predicted molar refractivity (Wildman–Crippen MR) is 61.6 cm³/mol. The SMILES string of the molecule is COc1cccc(C2(c3ncc[nH]3)CC2)c1. The van der Waals surface area contributed by atoms with Gasteiger partial charge in [0.25, 0.3) is 0 Å². The van der Waals surface area contributed by atoms with Gasteiger partial charge in [-0.15, -0.1) is 0 Å². The van der Waals surface area contributed by atoms with Crippen LogP contribution in [0.25, 0.3) is 0 Å². The maximum Gasteiger partial charge on any atom is 0.119 e. The minimum absolute atomic E-state index is 0.109. The molecule has 1 heterocycles. The molecule has 1 aliphatic rings. The lowest BCUT2D eigenvalue weighted by Gasteiger charge is -2.13. The van der Waals surface area contributed by atoms with Crippen LogP contribution in [0.2, 0.25) is 0 Å². The predicted octanol–water partition coefficient (Wildman–Crippen LogP) is 2.50. The van der Waals surface area contributed by atoms with Crippen LogP contribution in [0.3, 0.4) is 0 Å². The Bertz CT molecular complexity index is 486. The van der Waals surface area contributed by atoms with Gasteiger partial charge < -0.3 is 9.72 Å². The first-order chi connectivity index (χ1) is 7.85. The number of imidazole rings is 1. The zero-order chi connectivity index (χ0) is 11.0. The highest BCUT2D eigenvalue weighted by molar-refractivity contribution is 5.42. The first-order valence-electron chi connectivity index (χ1n) is 5.49. The Hall–Kier alpha value is -1.77. The molecule has 3 nitrogen and oxygen atoms in total. The molecular formula is C13H14N2O. The van der Waals surface area contributed by atoms with Crippen molar-refractivity contribution in [1.29, 1.82) is 0 Å². The van der Waals surface area contributed by atoms with Crippen molar-refractivity contribution in [3.8, 4) is 5.75 Å². The normalized spacial score (nSPS) is 17.1. The molecule has 3 heteroatoms. The Morgan fingerprint density at radius 1 is 1.38 bits per heavy atom. The van der Waals surface area contributed by atoms with Crippen LogP contribution in [0.5, 0.6) is 5.75 Å². The number of rotatable bonds is 3. The van der Waals surface area contributed by atoms with Gasteiger partial charge >= 0.3 is 0 Å². The number of ether oxygens (including phenoxy) is 1. The van der Waals surface area contributed by atoms with E-state index < -0.39 is 0 Å². The molecule has 0 bridgehead atoms. The van der Waals surface area contributed by atoms with Crippen LogP contribution < -0.4 is 4.74 Å². The lowest BCUT2D eigenvalue weighted by Crippen LogP contribution is -2.10. The van der Waals surface area contributed by atoms with E-state index in [1.807, 2.05) is 24.5 Å². The summed E-state index contributed by atoms with van der Waals surface area (Å²) in [6.45, 7) is 0. The summed E-state index contributed by atoms with van der Waals surface area (Å²) in [7, 11) is 1.70. The van der Waals surface area contributed by atoms with Crippen LogP contribution >= 0.6 is 0 Å². The average Bonchev–Trinajstić information content (AvgIpc) is 2.97. The number of aromatic nitrogens is 2. The van der Waals surface area contributed by atoms with E-state index in [-0.39, 0.29) is 5.41 Å². The maximum absolute atomic E-state index is 5.26. The van der Waals surface area contributed by atoms with Crippen molar-refractivity contribution < 1.29 is 4.74 Å². The fourth-order valence-electron chi connectivity index (χ4n) is 2.23. The largest absolute Gasteiger partial charge is 0.497 e. The Morgan fingerprint density at radius 2 is 2.25 bits per heavy atom. The average molecular weight is 214 g/mol. The minimum Gasteiger partial charge on any atom is -0.497 e. The molecule has 3 rings (SSSR count). The fraction of sp³-hybridized carbons (Fsp3) is 0.308. The Morgan fingerprint density at radius 3 is 2.88 bits per heavy atom. The molecule has 2 aromatic rings. The fourth-order valence-corrected chi connectivity index (χ4v) is 2.23. The smallest absolute Gasteiger partial charge is 0.119 e. The van der Waals surface area contributed by atoms with E-state index in [0.29, 0.717) is 0 Å². The van der Waals surface area contributed by atoms with Gasteiger partial charge in [0, 0.05) is 12.4 Å². The molecule has 0 saturated heterocycles. The molecule has 1 aromatic heterocycles. The highest BCUT2D eigenvalue weighted by atomic mass is 16.5. The van der Waals surface area contributed by atoms with Crippen LogP contribution in [0, 0.1) is 0 Å². The third-order valence-corrected chi connectivity index (χ3v) is 3.32. The standard InChI is InChI=1S/C13H14N2O/c1-16-11-4-2-3-10(9-11)13(5-6-13)12-14-7-8-15-12/h2-4,7-9H,5-6H2,1H3,(H,14,15). The topological polar surface area (TPSA) is 37.9 Å². The molecule has 0 spiro atoms. The third-order valence-electron chi connectivity index (χ3n) is 3.32.